The number of benzene rings is 4. The molecule has 0 saturated carbocycles. The molecule has 0 aliphatic heterocycles. The van der Waals surface area contributed by atoms with E-state index in [1.165, 1.54) is 61.1 Å². The Morgan fingerprint density at radius 2 is 1.42 bits per heavy atom. The van der Waals surface area contributed by atoms with E-state index in [1.54, 1.807) is 0 Å². The standard InChI is InChI=1S/C31H34OTe/c1-4-5-6-7-14-26(32)21-23(3)33-29-20-19-25-13-9-11-16-28(25)31(29)30-22(2)17-18-24-12-8-10-15-27(24)30/h8-13,15-20,23H,4-7,14,21H2,1-3H3/t23-/m0/s1. The molecule has 0 heterocycles. The Bertz CT molecular complexity index is 1260. The molecule has 0 spiro atoms. The topological polar surface area (TPSA) is 17.1 Å². The zero-order valence-corrected chi connectivity index (χ0v) is 22.4. The number of unbranched alkanes of at least 4 members (excludes halogenated alkanes) is 3. The molecule has 0 aliphatic carbocycles. The molecule has 0 aromatic heterocycles. The van der Waals surface area contributed by atoms with Gasteiger partial charge in [-0.05, 0) is 0 Å². The van der Waals surface area contributed by atoms with Gasteiger partial charge in [-0.3, -0.25) is 0 Å². The fraction of sp³-hybridized carbons (Fsp3) is 0.323. The van der Waals surface area contributed by atoms with Crippen molar-refractivity contribution in [3.8, 4) is 11.1 Å². The number of hydrogen-bond donors (Lipinski definition) is 0. The van der Waals surface area contributed by atoms with Gasteiger partial charge in [0, 0.05) is 0 Å². The molecule has 170 valence electrons. The van der Waals surface area contributed by atoms with E-state index in [-0.39, 0.29) is 0 Å². The second kappa shape index (κ2) is 11.3. The molecule has 1 atom stereocenters. The van der Waals surface area contributed by atoms with Crippen molar-refractivity contribution in [1.29, 1.82) is 0 Å². The van der Waals surface area contributed by atoms with Gasteiger partial charge in [0.25, 0.3) is 0 Å². The Kier molecular flexibility index (Phi) is 8.24. The average Bonchev–Trinajstić information content (AvgIpc) is 2.82. The third-order valence-corrected chi connectivity index (χ3v) is 9.75. The van der Waals surface area contributed by atoms with Gasteiger partial charge in [-0.15, -0.1) is 0 Å². The van der Waals surface area contributed by atoms with Crippen LogP contribution in [0.25, 0.3) is 32.7 Å². The molecule has 0 fully saturated rings. The fourth-order valence-corrected chi connectivity index (χ4v) is 8.12. The first kappa shape index (κ1) is 24.0. The number of carbonyl (C=O) groups excluding carboxylic acids is 1. The van der Waals surface area contributed by atoms with E-state index in [9.17, 15) is 4.79 Å². The van der Waals surface area contributed by atoms with Gasteiger partial charge in [0.2, 0.25) is 0 Å². The molecule has 33 heavy (non-hydrogen) atoms. The van der Waals surface area contributed by atoms with E-state index in [1.807, 2.05) is 0 Å². The summed E-state index contributed by atoms with van der Waals surface area (Å²) in [7, 11) is 0. The summed E-state index contributed by atoms with van der Waals surface area (Å²) in [6.07, 6.45) is 6.18. The monoisotopic (exact) mass is 552 g/mol. The molecule has 0 aliphatic rings. The third-order valence-electron chi connectivity index (χ3n) is 6.43. The summed E-state index contributed by atoms with van der Waals surface area (Å²) in [4.78, 5) is 12.6. The summed E-state index contributed by atoms with van der Waals surface area (Å²) in [5.41, 5.74) is 4.08. The summed E-state index contributed by atoms with van der Waals surface area (Å²) in [6, 6.07) is 26.6. The number of fused-ring (bicyclic) bond motifs is 2. The van der Waals surface area contributed by atoms with Crippen LogP contribution < -0.4 is 3.61 Å². The van der Waals surface area contributed by atoms with Crippen LogP contribution in [-0.4, -0.2) is 26.7 Å². The summed E-state index contributed by atoms with van der Waals surface area (Å²) in [5.74, 6) is 0.451. The first-order chi connectivity index (χ1) is 16.1. The van der Waals surface area contributed by atoms with Crippen molar-refractivity contribution in [2.24, 2.45) is 0 Å². The summed E-state index contributed by atoms with van der Waals surface area (Å²) < 4.78 is 1.94. The molecule has 1 nitrogen and oxygen atoms in total. The van der Waals surface area contributed by atoms with Crippen molar-refractivity contribution in [3.05, 3.63) is 78.4 Å². The first-order valence-electron chi connectivity index (χ1n) is 12.3. The van der Waals surface area contributed by atoms with Gasteiger partial charge in [-0.25, -0.2) is 0 Å². The van der Waals surface area contributed by atoms with Gasteiger partial charge in [0.1, 0.15) is 0 Å². The van der Waals surface area contributed by atoms with Gasteiger partial charge in [0.05, 0.1) is 0 Å². The second-order valence-corrected chi connectivity index (χ2v) is 13.3. The van der Waals surface area contributed by atoms with E-state index < -0.39 is 20.9 Å². The summed E-state index contributed by atoms with van der Waals surface area (Å²) in [5, 5.41) is 5.23. The van der Waals surface area contributed by atoms with Crippen molar-refractivity contribution < 1.29 is 4.79 Å². The zero-order valence-electron chi connectivity index (χ0n) is 20.1. The fourth-order valence-electron chi connectivity index (χ4n) is 4.75. The van der Waals surface area contributed by atoms with E-state index in [0.29, 0.717) is 9.75 Å². The Hall–Kier alpha value is -2.14. The minimum atomic E-state index is -0.528. The predicted octanol–water partition coefficient (Wildman–Crippen LogP) is 8.04. The number of hydrogen-bond acceptors (Lipinski definition) is 1. The van der Waals surface area contributed by atoms with Gasteiger partial charge in [-0.2, -0.15) is 0 Å². The molecule has 4 rings (SSSR count). The van der Waals surface area contributed by atoms with Crippen molar-refractivity contribution in [2.45, 2.75) is 63.3 Å². The quantitative estimate of drug-likeness (QED) is 0.144. The van der Waals surface area contributed by atoms with E-state index >= 15 is 0 Å². The number of carbonyl (C=O) groups is 1. The molecule has 2 heteroatoms. The number of Topliss-reactive ketones (excluding diaryl/α,β-unsaturated/α-hetero) is 1. The van der Waals surface area contributed by atoms with Crippen LogP contribution in [0.2, 0.25) is 3.97 Å². The Labute approximate surface area is 208 Å². The van der Waals surface area contributed by atoms with Gasteiger partial charge in [-0.1, -0.05) is 0 Å². The molecule has 0 radical (unpaired) electrons. The first-order valence-corrected chi connectivity index (χ1v) is 14.8. The molecule has 0 N–H and O–H groups in total. The molecule has 0 saturated heterocycles. The van der Waals surface area contributed by atoms with Crippen molar-refractivity contribution >= 4 is 51.9 Å². The van der Waals surface area contributed by atoms with Gasteiger partial charge in [0.15, 0.2) is 0 Å². The van der Waals surface area contributed by atoms with Crippen LogP contribution >= 0.6 is 0 Å². The molecule has 0 bridgehead atoms. The van der Waals surface area contributed by atoms with E-state index in [0.717, 1.165) is 19.3 Å². The van der Waals surface area contributed by atoms with E-state index in [2.05, 4.69) is 93.6 Å². The Morgan fingerprint density at radius 3 is 2.12 bits per heavy atom. The summed E-state index contributed by atoms with van der Waals surface area (Å²) >= 11 is -0.528. The number of aryl methyl sites for hydroxylation is 1. The minimum absolute atomic E-state index is 0.451. The Morgan fingerprint density at radius 1 is 0.788 bits per heavy atom. The number of rotatable bonds is 10. The molecular formula is C31H34OTe. The molecule has 4 aromatic carbocycles. The van der Waals surface area contributed by atoms with Crippen molar-refractivity contribution in [1.82, 2.24) is 0 Å². The second-order valence-electron chi connectivity index (χ2n) is 9.12. The van der Waals surface area contributed by atoms with Crippen LogP contribution in [0.3, 0.4) is 0 Å². The molecule has 0 amide bonds. The van der Waals surface area contributed by atoms with Crippen LogP contribution in [0.1, 0.15) is 57.9 Å². The van der Waals surface area contributed by atoms with Crippen LogP contribution in [0.4, 0.5) is 0 Å². The molecule has 0 unspecified atom stereocenters. The predicted molar refractivity (Wildman–Crippen MR) is 145 cm³/mol. The molecule has 4 aromatic rings. The van der Waals surface area contributed by atoms with Crippen LogP contribution in [-0.2, 0) is 4.79 Å². The maximum atomic E-state index is 12.6. The number of ketones is 1. The van der Waals surface area contributed by atoms with E-state index in [4.69, 9.17) is 0 Å². The average molecular weight is 550 g/mol. The normalized spacial score (nSPS) is 12.3. The summed E-state index contributed by atoms with van der Waals surface area (Å²) in [6.45, 7) is 6.74. The SMILES string of the molecule is CCCCCCC(=O)C[C@H](C)[Te]c1ccc2ccccc2c1-c1c(C)ccc2ccccc12. The zero-order chi connectivity index (χ0) is 23.2. The van der Waals surface area contributed by atoms with Gasteiger partial charge < -0.3 is 0 Å². The maximum absolute atomic E-state index is 12.6. The van der Waals surface area contributed by atoms with Crippen LogP contribution in [0.5, 0.6) is 0 Å². The molecular weight excluding hydrogens is 516 g/mol. The third kappa shape index (κ3) is 5.68. The van der Waals surface area contributed by atoms with Gasteiger partial charge >= 0.3 is 209 Å². The Balaban J connectivity index is 1.71. The van der Waals surface area contributed by atoms with Crippen LogP contribution in [0, 0.1) is 6.92 Å². The van der Waals surface area contributed by atoms with Crippen molar-refractivity contribution in [2.75, 3.05) is 0 Å². The van der Waals surface area contributed by atoms with Crippen molar-refractivity contribution in [3.63, 3.8) is 0 Å². The van der Waals surface area contributed by atoms with Crippen LogP contribution in [0.15, 0.2) is 72.8 Å².